The fourth-order valence-corrected chi connectivity index (χ4v) is 6.99. The molecule has 55 heavy (non-hydrogen) atoms. The molecule has 2 aliphatic heterocycles. The molecule has 2 fully saturated rings. The summed E-state index contributed by atoms with van der Waals surface area (Å²) in [7, 11) is 0. The molecule has 0 aromatic carbocycles. The summed E-state index contributed by atoms with van der Waals surface area (Å²) in [5.74, 6) is -0.387. The van der Waals surface area contributed by atoms with E-state index in [0.29, 0.717) is 13.0 Å². The quantitative estimate of drug-likeness (QED) is 0.0367. The van der Waals surface area contributed by atoms with Crippen LogP contribution in [0.25, 0.3) is 0 Å². The number of unbranched alkanes of at least 4 members (excludes halogenated alkanes) is 19. The fourth-order valence-electron chi connectivity index (χ4n) is 6.99. The number of carbonyl (C=O) groups excluding carboxylic acids is 1. The number of aliphatic hydroxyl groups excluding tert-OH is 7. The van der Waals surface area contributed by atoms with Gasteiger partial charge in [0.15, 0.2) is 12.6 Å². The standard InChI is InChI=1S/C41H78O14/c1-3-5-7-9-10-11-12-13-14-15-16-17-18-19-21-23-25-50-27-30(53-33(43)24-22-20-8-6-4-2)28-51-40-39(49)37(47)35(45)32(55-40)29-52-41-38(48)36(46)34(44)31(26-42)54-41/h30-32,34-42,44-49H,3-29H2,1-2H3. The van der Waals surface area contributed by atoms with Gasteiger partial charge in [0.1, 0.15) is 54.9 Å². The van der Waals surface area contributed by atoms with Gasteiger partial charge in [0.2, 0.25) is 0 Å². The topological polar surface area (TPSA) is 214 Å². The zero-order valence-corrected chi connectivity index (χ0v) is 33.9. The van der Waals surface area contributed by atoms with Crippen molar-refractivity contribution in [1.82, 2.24) is 0 Å². The number of rotatable bonds is 33. The minimum Gasteiger partial charge on any atom is -0.457 e. The summed E-state index contributed by atoms with van der Waals surface area (Å²) in [6.45, 7) is 3.60. The summed E-state index contributed by atoms with van der Waals surface area (Å²) in [6, 6.07) is 0. The van der Waals surface area contributed by atoms with E-state index >= 15 is 0 Å². The van der Waals surface area contributed by atoms with Crippen LogP contribution in [0.5, 0.6) is 0 Å². The van der Waals surface area contributed by atoms with E-state index in [-0.39, 0.29) is 25.6 Å². The van der Waals surface area contributed by atoms with Crippen molar-refractivity contribution >= 4 is 5.97 Å². The Morgan fingerprint density at radius 3 is 1.47 bits per heavy atom. The average molecular weight is 795 g/mol. The average Bonchev–Trinajstić information content (AvgIpc) is 3.18. The Kier molecular flexibility index (Phi) is 28.2. The Morgan fingerprint density at radius 2 is 0.964 bits per heavy atom. The highest BCUT2D eigenvalue weighted by Gasteiger charge is 2.47. The molecule has 2 saturated heterocycles. The number of ether oxygens (including phenoxy) is 6. The van der Waals surface area contributed by atoms with E-state index in [1.54, 1.807) is 0 Å². The normalized spacial score (nSPS) is 29.0. The zero-order valence-electron chi connectivity index (χ0n) is 33.9. The van der Waals surface area contributed by atoms with Crippen LogP contribution >= 0.6 is 0 Å². The number of esters is 1. The van der Waals surface area contributed by atoms with Crippen molar-refractivity contribution in [3.63, 3.8) is 0 Å². The van der Waals surface area contributed by atoms with Gasteiger partial charge in [0, 0.05) is 13.0 Å². The van der Waals surface area contributed by atoms with Crippen LogP contribution in [0, 0.1) is 0 Å². The number of carbonyl (C=O) groups is 1. The van der Waals surface area contributed by atoms with Gasteiger partial charge in [-0.25, -0.2) is 0 Å². The molecular weight excluding hydrogens is 716 g/mol. The van der Waals surface area contributed by atoms with E-state index < -0.39 is 80.7 Å². The van der Waals surface area contributed by atoms with Gasteiger partial charge in [-0.3, -0.25) is 4.79 Å². The molecule has 2 heterocycles. The van der Waals surface area contributed by atoms with E-state index in [9.17, 15) is 40.5 Å². The lowest BCUT2D eigenvalue weighted by Gasteiger charge is -2.42. The lowest BCUT2D eigenvalue weighted by molar-refractivity contribution is -0.332. The first-order valence-corrected chi connectivity index (χ1v) is 21.6. The maximum Gasteiger partial charge on any atom is 0.306 e. The van der Waals surface area contributed by atoms with Crippen LogP contribution in [0.4, 0.5) is 0 Å². The number of hydrogen-bond acceptors (Lipinski definition) is 14. The second kappa shape index (κ2) is 31.0. The molecule has 11 unspecified atom stereocenters. The molecule has 0 spiro atoms. The van der Waals surface area contributed by atoms with Crippen LogP contribution in [-0.4, -0.2) is 142 Å². The summed E-state index contributed by atoms with van der Waals surface area (Å²) in [5.41, 5.74) is 0. The van der Waals surface area contributed by atoms with E-state index in [2.05, 4.69) is 13.8 Å². The van der Waals surface area contributed by atoms with Crippen LogP contribution in [0.2, 0.25) is 0 Å². The molecule has 0 saturated carbocycles. The van der Waals surface area contributed by atoms with E-state index in [1.807, 2.05) is 0 Å². The SMILES string of the molecule is CCCCCCCCCCCCCCCCCCOCC(COC1OC(COC2OC(CO)C(O)C(O)C2O)C(O)C(O)C1O)OC(=O)CCCCCCC. The summed E-state index contributed by atoms with van der Waals surface area (Å²) in [5, 5.41) is 71.6. The summed E-state index contributed by atoms with van der Waals surface area (Å²) in [6.07, 6.45) is 9.44. The van der Waals surface area contributed by atoms with Crippen LogP contribution in [0.1, 0.15) is 155 Å². The third kappa shape index (κ3) is 20.5. The Balaban J connectivity index is 1.75. The Labute approximate surface area is 330 Å². The molecule has 0 bridgehead atoms. The maximum absolute atomic E-state index is 12.7. The van der Waals surface area contributed by atoms with Crippen LogP contribution in [-0.2, 0) is 33.2 Å². The van der Waals surface area contributed by atoms with Crippen molar-refractivity contribution in [2.45, 2.75) is 223 Å². The van der Waals surface area contributed by atoms with Crippen molar-refractivity contribution in [3.8, 4) is 0 Å². The predicted octanol–water partition coefficient (Wildman–Crippen LogP) is 4.18. The minimum absolute atomic E-state index is 0.0674. The Morgan fingerprint density at radius 1 is 0.527 bits per heavy atom. The molecule has 0 aromatic rings. The molecule has 0 aromatic heterocycles. The van der Waals surface area contributed by atoms with Crippen LogP contribution < -0.4 is 0 Å². The monoisotopic (exact) mass is 795 g/mol. The van der Waals surface area contributed by atoms with E-state index in [1.165, 1.54) is 83.5 Å². The summed E-state index contributed by atoms with van der Waals surface area (Å²) < 4.78 is 33.9. The molecule has 14 nitrogen and oxygen atoms in total. The molecule has 2 rings (SSSR count). The van der Waals surface area contributed by atoms with Gasteiger partial charge in [0.25, 0.3) is 0 Å². The first kappa shape index (κ1) is 50.1. The molecule has 0 amide bonds. The summed E-state index contributed by atoms with van der Waals surface area (Å²) >= 11 is 0. The highest BCUT2D eigenvalue weighted by atomic mass is 16.7. The lowest BCUT2D eigenvalue weighted by Crippen LogP contribution is -2.61. The second-order valence-electron chi connectivity index (χ2n) is 15.5. The van der Waals surface area contributed by atoms with Crippen molar-refractivity contribution < 1.29 is 69.0 Å². The van der Waals surface area contributed by atoms with Crippen LogP contribution in [0.3, 0.4) is 0 Å². The summed E-state index contributed by atoms with van der Waals surface area (Å²) in [4.78, 5) is 12.7. The Hall–Kier alpha value is -1.01. The molecule has 0 radical (unpaired) electrons. The van der Waals surface area contributed by atoms with Crippen LogP contribution in [0.15, 0.2) is 0 Å². The minimum atomic E-state index is -1.70. The van der Waals surface area contributed by atoms with Gasteiger partial charge in [-0.1, -0.05) is 136 Å². The first-order valence-electron chi connectivity index (χ1n) is 21.6. The molecule has 2 aliphatic rings. The molecule has 0 aliphatic carbocycles. The largest absolute Gasteiger partial charge is 0.457 e. The van der Waals surface area contributed by atoms with Gasteiger partial charge in [0.05, 0.1) is 26.4 Å². The van der Waals surface area contributed by atoms with Crippen molar-refractivity contribution in [3.05, 3.63) is 0 Å². The van der Waals surface area contributed by atoms with Crippen molar-refractivity contribution in [1.29, 1.82) is 0 Å². The lowest BCUT2D eigenvalue weighted by atomic mass is 9.98. The third-order valence-corrected chi connectivity index (χ3v) is 10.6. The number of hydrogen-bond donors (Lipinski definition) is 7. The van der Waals surface area contributed by atoms with E-state index in [0.717, 1.165) is 44.9 Å². The fraction of sp³-hybridized carbons (Fsp3) is 0.976. The smallest absolute Gasteiger partial charge is 0.306 e. The van der Waals surface area contributed by atoms with Gasteiger partial charge >= 0.3 is 5.97 Å². The van der Waals surface area contributed by atoms with Gasteiger partial charge in [-0.05, 0) is 12.8 Å². The highest BCUT2D eigenvalue weighted by Crippen LogP contribution is 2.26. The molecule has 7 N–H and O–H groups in total. The number of aliphatic hydroxyl groups is 7. The van der Waals surface area contributed by atoms with Crippen molar-refractivity contribution in [2.75, 3.05) is 33.0 Å². The highest BCUT2D eigenvalue weighted by molar-refractivity contribution is 5.69. The van der Waals surface area contributed by atoms with Crippen molar-refractivity contribution in [2.24, 2.45) is 0 Å². The molecule has 11 atom stereocenters. The Bertz CT molecular complexity index is 927. The molecular formula is C41H78O14. The zero-order chi connectivity index (χ0) is 40.3. The third-order valence-electron chi connectivity index (χ3n) is 10.6. The molecule has 326 valence electrons. The van der Waals surface area contributed by atoms with E-state index in [4.69, 9.17) is 28.4 Å². The molecule has 14 heteroatoms. The maximum atomic E-state index is 12.7. The first-order chi connectivity index (χ1) is 26.6. The van der Waals surface area contributed by atoms with Gasteiger partial charge in [-0.15, -0.1) is 0 Å². The van der Waals surface area contributed by atoms with Gasteiger partial charge < -0.3 is 64.2 Å². The second-order valence-corrected chi connectivity index (χ2v) is 15.5. The van der Waals surface area contributed by atoms with Gasteiger partial charge in [-0.2, -0.15) is 0 Å². The predicted molar refractivity (Wildman–Crippen MR) is 206 cm³/mol.